The van der Waals surface area contributed by atoms with E-state index in [0.29, 0.717) is 23.8 Å². The maximum Gasteiger partial charge on any atom is 0.238 e. The molecule has 0 aromatic heterocycles. The fourth-order valence-corrected chi connectivity index (χ4v) is 2.20. The van der Waals surface area contributed by atoms with Gasteiger partial charge in [-0.05, 0) is 32.0 Å². The Hall–Kier alpha value is -1.46. The molecule has 1 atom stereocenters. The maximum absolute atomic E-state index is 12.1. The molecule has 0 aliphatic carbocycles. The summed E-state index contributed by atoms with van der Waals surface area (Å²) in [5, 5.41) is 2.89. The highest BCUT2D eigenvalue weighted by molar-refractivity contribution is 7.80. The predicted molar refractivity (Wildman–Crippen MR) is 88.0 cm³/mol. The molecule has 1 unspecified atom stereocenters. The van der Waals surface area contributed by atoms with Crippen LogP contribution in [-0.4, -0.2) is 34.9 Å². The summed E-state index contributed by atoms with van der Waals surface area (Å²) in [7, 11) is 0. The molecule has 0 aliphatic heterocycles. The second-order valence-electron chi connectivity index (χ2n) is 4.78. The van der Waals surface area contributed by atoms with Gasteiger partial charge in [0.2, 0.25) is 5.91 Å². The van der Waals surface area contributed by atoms with Crippen molar-refractivity contribution in [2.45, 2.75) is 33.2 Å². The van der Waals surface area contributed by atoms with Crippen molar-refractivity contribution in [2.75, 3.05) is 18.4 Å². The molecule has 3 N–H and O–H groups in total. The van der Waals surface area contributed by atoms with E-state index in [1.807, 2.05) is 24.3 Å². The number of rotatable bonds is 7. The summed E-state index contributed by atoms with van der Waals surface area (Å²) in [4.78, 5) is 14.6. The smallest absolute Gasteiger partial charge is 0.238 e. The lowest BCUT2D eigenvalue weighted by Gasteiger charge is -2.26. The molecule has 110 valence electrons. The third-order valence-electron chi connectivity index (χ3n) is 3.43. The molecule has 0 heterocycles. The number of likely N-dealkylation sites (N-methyl/N-ethyl adjacent to an activating group) is 1. The number of nitrogens with one attached hydrogen (secondary N) is 1. The second-order valence-corrected chi connectivity index (χ2v) is 5.22. The van der Waals surface area contributed by atoms with Crippen LogP contribution in [0.25, 0.3) is 0 Å². The van der Waals surface area contributed by atoms with Crippen LogP contribution in [0.5, 0.6) is 0 Å². The Labute approximate surface area is 126 Å². The number of carbonyl (C=O) groups excluding carboxylic acids is 1. The van der Waals surface area contributed by atoms with Crippen molar-refractivity contribution in [3.05, 3.63) is 29.8 Å². The van der Waals surface area contributed by atoms with Gasteiger partial charge in [0.25, 0.3) is 0 Å². The Bertz CT molecular complexity index is 476. The highest BCUT2D eigenvalue weighted by Crippen LogP contribution is 2.15. The van der Waals surface area contributed by atoms with Crippen molar-refractivity contribution in [1.82, 2.24) is 4.90 Å². The molecule has 0 bridgehead atoms. The molecule has 0 radical (unpaired) electrons. The number of benzene rings is 1. The van der Waals surface area contributed by atoms with Gasteiger partial charge < -0.3 is 11.1 Å². The van der Waals surface area contributed by atoms with Crippen LogP contribution >= 0.6 is 12.2 Å². The van der Waals surface area contributed by atoms with E-state index >= 15 is 0 Å². The van der Waals surface area contributed by atoms with E-state index in [1.54, 1.807) is 0 Å². The van der Waals surface area contributed by atoms with Gasteiger partial charge in [-0.2, -0.15) is 0 Å². The zero-order chi connectivity index (χ0) is 15.1. The molecule has 1 amide bonds. The van der Waals surface area contributed by atoms with Crippen molar-refractivity contribution < 1.29 is 4.79 Å². The SMILES string of the molecule is CCC(C)N(CC)CC(=O)Nc1ccccc1C(N)=S. The topological polar surface area (TPSA) is 58.4 Å². The Morgan fingerprint density at radius 3 is 2.60 bits per heavy atom. The van der Waals surface area contributed by atoms with E-state index in [4.69, 9.17) is 18.0 Å². The fourth-order valence-electron chi connectivity index (χ4n) is 2.02. The summed E-state index contributed by atoms with van der Waals surface area (Å²) in [6.45, 7) is 7.52. The van der Waals surface area contributed by atoms with Crippen molar-refractivity contribution in [1.29, 1.82) is 0 Å². The lowest BCUT2D eigenvalue weighted by molar-refractivity contribution is -0.117. The van der Waals surface area contributed by atoms with Gasteiger partial charge in [0, 0.05) is 11.6 Å². The summed E-state index contributed by atoms with van der Waals surface area (Å²) in [5.41, 5.74) is 7.03. The van der Waals surface area contributed by atoms with Crippen LogP contribution in [0.3, 0.4) is 0 Å². The van der Waals surface area contributed by atoms with Gasteiger partial charge in [-0.15, -0.1) is 0 Å². The minimum atomic E-state index is -0.0455. The summed E-state index contributed by atoms with van der Waals surface area (Å²) < 4.78 is 0. The molecule has 0 saturated carbocycles. The zero-order valence-corrected chi connectivity index (χ0v) is 13.2. The van der Waals surface area contributed by atoms with E-state index in [-0.39, 0.29) is 10.9 Å². The predicted octanol–water partition coefficient (Wildman–Crippen LogP) is 2.38. The molecule has 0 aliphatic rings. The number of amides is 1. The highest BCUT2D eigenvalue weighted by Gasteiger charge is 2.15. The first kappa shape index (κ1) is 16.6. The third kappa shape index (κ3) is 4.58. The largest absolute Gasteiger partial charge is 0.389 e. The summed E-state index contributed by atoms with van der Waals surface area (Å²) >= 11 is 4.99. The molecule has 4 nitrogen and oxygen atoms in total. The molecular weight excluding hydrogens is 270 g/mol. The van der Waals surface area contributed by atoms with Gasteiger partial charge in [0.1, 0.15) is 4.99 Å². The number of nitrogens with zero attached hydrogens (tertiary/aromatic N) is 1. The Kier molecular flexibility index (Phi) is 6.61. The molecule has 0 spiro atoms. The zero-order valence-electron chi connectivity index (χ0n) is 12.3. The van der Waals surface area contributed by atoms with Gasteiger partial charge >= 0.3 is 0 Å². The molecule has 5 heteroatoms. The average molecular weight is 293 g/mol. The quantitative estimate of drug-likeness (QED) is 0.758. The lowest BCUT2D eigenvalue weighted by Crippen LogP contribution is -2.39. The Balaban J connectivity index is 2.74. The van der Waals surface area contributed by atoms with E-state index in [1.165, 1.54) is 0 Å². The van der Waals surface area contributed by atoms with Gasteiger partial charge in [0.15, 0.2) is 0 Å². The van der Waals surface area contributed by atoms with Crippen molar-refractivity contribution >= 4 is 28.8 Å². The molecule has 1 aromatic carbocycles. The van der Waals surface area contributed by atoms with E-state index in [2.05, 4.69) is 31.0 Å². The summed E-state index contributed by atoms with van der Waals surface area (Å²) in [5.74, 6) is -0.0455. The lowest BCUT2D eigenvalue weighted by atomic mass is 10.1. The monoisotopic (exact) mass is 293 g/mol. The molecule has 0 saturated heterocycles. The summed E-state index contributed by atoms with van der Waals surface area (Å²) in [6, 6.07) is 7.71. The molecule has 0 fully saturated rings. The van der Waals surface area contributed by atoms with E-state index in [9.17, 15) is 4.79 Å². The normalized spacial score (nSPS) is 12.2. The van der Waals surface area contributed by atoms with Gasteiger partial charge in [-0.1, -0.05) is 38.2 Å². The number of para-hydroxylation sites is 1. The molecular formula is C15H23N3OS. The van der Waals surface area contributed by atoms with Crippen LogP contribution in [0, 0.1) is 0 Å². The number of hydrogen-bond acceptors (Lipinski definition) is 3. The number of thiocarbonyl (C=S) groups is 1. The standard InChI is InChI=1S/C15H23N3OS/c1-4-11(3)18(5-2)10-14(19)17-13-9-7-6-8-12(13)15(16)20/h6-9,11H,4-5,10H2,1-3H3,(H2,16,20)(H,17,19). The van der Waals surface area contributed by atoms with Crippen LogP contribution in [0.1, 0.15) is 32.8 Å². The highest BCUT2D eigenvalue weighted by atomic mass is 32.1. The first-order valence-corrected chi connectivity index (χ1v) is 7.33. The van der Waals surface area contributed by atoms with E-state index < -0.39 is 0 Å². The van der Waals surface area contributed by atoms with E-state index in [0.717, 1.165) is 13.0 Å². The van der Waals surface area contributed by atoms with Crippen LogP contribution in [0.4, 0.5) is 5.69 Å². The van der Waals surface area contributed by atoms with Gasteiger partial charge in [0.05, 0.1) is 12.2 Å². The van der Waals surface area contributed by atoms with Gasteiger partial charge in [-0.25, -0.2) is 0 Å². The minimum Gasteiger partial charge on any atom is -0.389 e. The van der Waals surface area contributed by atoms with Crippen LogP contribution in [-0.2, 0) is 4.79 Å². The van der Waals surface area contributed by atoms with Crippen LogP contribution in [0.15, 0.2) is 24.3 Å². The maximum atomic E-state index is 12.1. The molecule has 1 rings (SSSR count). The minimum absolute atomic E-state index is 0.0455. The fraction of sp³-hybridized carbons (Fsp3) is 0.467. The first-order chi connectivity index (χ1) is 9.49. The van der Waals surface area contributed by atoms with Crippen molar-refractivity contribution in [3.8, 4) is 0 Å². The van der Waals surface area contributed by atoms with Gasteiger partial charge in [-0.3, -0.25) is 9.69 Å². The molecule has 20 heavy (non-hydrogen) atoms. The number of anilines is 1. The second kappa shape index (κ2) is 7.97. The first-order valence-electron chi connectivity index (χ1n) is 6.92. The van der Waals surface area contributed by atoms with Crippen LogP contribution in [0.2, 0.25) is 0 Å². The molecule has 1 aromatic rings. The van der Waals surface area contributed by atoms with Crippen LogP contribution < -0.4 is 11.1 Å². The Morgan fingerprint density at radius 2 is 2.05 bits per heavy atom. The number of hydrogen-bond donors (Lipinski definition) is 2. The third-order valence-corrected chi connectivity index (χ3v) is 3.65. The van der Waals surface area contributed by atoms with Crippen molar-refractivity contribution in [3.63, 3.8) is 0 Å². The average Bonchev–Trinajstić information content (AvgIpc) is 2.44. The summed E-state index contributed by atoms with van der Waals surface area (Å²) in [6.07, 6.45) is 1.02. The Morgan fingerprint density at radius 1 is 1.40 bits per heavy atom. The number of nitrogens with two attached hydrogens (primary N) is 1. The van der Waals surface area contributed by atoms with Crippen molar-refractivity contribution in [2.24, 2.45) is 5.73 Å². The number of carbonyl (C=O) groups is 1.